The van der Waals surface area contributed by atoms with Gasteiger partial charge in [-0.15, -0.1) is 11.3 Å². The van der Waals surface area contributed by atoms with Crippen LogP contribution in [0.2, 0.25) is 0 Å². The van der Waals surface area contributed by atoms with E-state index in [0.717, 1.165) is 43.8 Å². The average molecular weight is 455 g/mol. The van der Waals surface area contributed by atoms with Gasteiger partial charge in [0.25, 0.3) is 11.7 Å². The van der Waals surface area contributed by atoms with Crippen molar-refractivity contribution in [1.82, 2.24) is 9.80 Å². The summed E-state index contributed by atoms with van der Waals surface area (Å²) in [5.41, 5.74) is 0.745. The molecule has 0 saturated carbocycles. The highest BCUT2D eigenvalue weighted by molar-refractivity contribution is 7.10. The lowest BCUT2D eigenvalue weighted by atomic mass is 10.00. The number of benzene rings is 1. The van der Waals surface area contributed by atoms with Gasteiger partial charge < -0.3 is 14.9 Å². The third-order valence-electron chi connectivity index (χ3n) is 5.93. The molecule has 1 fully saturated rings. The Bertz CT molecular complexity index is 900. The molecule has 1 aliphatic heterocycles. The Hall–Kier alpha value is -2.44. The molecule has 32 heavy (non-hydrogen) atoms. The van der Waals surface area contributed by atoms with Crippen LogP contribution in [0.15, 0.2) is 53.4 Å². The monoisotopic (exact) mass is 454 g/mol. The van der Waals surface area contributed by atoms with Crippen molar-refractivity contribution in [2.24, 2.45) is 0 Å². The third-order valence-corrected chi connectivity index (χ3v) is 6.85. The summed E-state index contributed by atoms with van der Waals surface area (Å²) >= 11 is 1.50. The molecule has 1 saturated heterocycles. The van der Waals surface area contributed by atoms with E-state index in [4.69, 9.17) is 0 Å². The van der Waals surface area contributed by atoms with E-state index in [1.54, 1.807) is 17.0 Å². The van der Waals surface area contributed by atoms with Gasteiger partial charge in [0.1, 0.15) is 5.76 Å². The second-order valence-corrected chi connectivity index (χ2v) is 9.26. The number of Topliss-reactive ketones (excluding diaryl/α,β-unsaturated/α-hetero) is 1. The fourth-order valence-corrected chi connectivity index (χ4v) is 5.01. The van der Waals surface area contributed by atoms with Gasteiger partial charge >= 0.3 is 0 Å². The number of carbonyl (C=O) groups excluding carboxylic acids is 2. The molecule has 1 unspecified atom stereocenters. The molecule has 0 bridgehead atoms. The maximum Gasteiger partial charge on any atom is 0.295 e. The number of carbonyl (C=O) groups is 2. The largest absolute Gasteiger partial charge is 0.507 e. The fraction of sp³-hybridized carbons (Fsp3) is 0.462. The Morgan fingerprint density at radius 2 is 1.62 bits per heavy atom. The van der Waals surface area contributed by atoms with Gasteiger partial charge in [0, 0.05) is 17.0 Å². The number of hydrogen-bond donors (Lipinski definition) is 1. The summed E-state index contributed by atoms with van der Waals surface area (Å²) in [5, 5.41) is 12.9. The first-order valence-corrected chi connectivity index (χ1v) is 12.6. The second kappa shape index (κ2) is 12.0. The number of amides is 1. The van der Waals surface area contributed by atoms with Crippen LogP contribution in [0.4, 0.5) is 0 Å². The SMILES string of the molecule is CCCCN(CCCC)CCCN1C(=O)C(=O)C(=C(O)c2ccccc2)C1c1cccs1. The summed E-state index contributed by atoms with van der Waals surface area (Å²) in [5.74, 6) is -1.22. The summed E-state index contributed by atoms with van der Waals surface area (Å²) in [4.78, 5) is 31.0. The summed E-state index contributed by atoms with van der Waals surface area (Å²) < 4.78 is 0. The van der Waals surface area contributed by atoms with Crippen LogP contribution in [0.5, 0.6) is 0 Å². The van der Waals surface area contributed by atoms with E-state index >= 15 is 0 Å². The molecule has 172 valence electrons. The molecule has 1 aromatic heterocycles. The molecule has 1 aromatic carbocycles. The quantitative estimate of drug-likeness (QED) is 0.263. The van der Waals surface area contributed by atoms with Crippen molar-refractivity contribution in [2.75, 3.05) is 26.2 Å². The third kappa shape index (κ3) is 5.67. The highest BCUT2D eigenvalue weighted by Crippen LogP contribution is 2.41. The van der Waals surface area contributed by atoms with Crippen molar-refractivity contribution in [2.45, 2.75) is 52.0 Å². The van der Waals surface area contributed by atoms with Crippen LogP contribution in [-0.4, -0.2) is 52.8 Å². The van der Waals surface area contributed by atoms with Crippen LogP contribution in [-0.2, 0) is 9.59 Å². The number of aliphatic hydroxyl groups is 1. The normalized spacial score (nSPS) is 18.1. The molecule has 5 nitrogen and oxygen atoms in total. The molecule has 1 N–H and O–H groups in total. The van der Waals surface area contributed by atoms with E-state index < -0.39 is 17.7 Å². The maximum atomic E-state index is 13.0. The molecule has 1 amide bonds. The zero-order valence-electron chi connectivity index (χ0n) is 19.1. The van der Waals surface area contributed by atoms with Crippen LogP contribution in [0.1, 0.15) is 62.4 Å². The standard InChI is InChI=1S/C26H34N2O3S/c1-3-5-15-27(16-6-4-2)17-11-18-28-23(21-14-10-19-32-21)22(25(30)26(28)31)24(29)20-12-8-7-9-13-20/h7-10,12-14,19,23,29H,3-6,11,15-18H2,1-2H3. The first-order valence-electron chi connectivity index (χ1n) is 11.7. The number of nitrogens with zero attached hydrogens (tertiary/aromatic N) is 2. The summed E-state index contributed by atoms with van der Waals surface area (Å²) in [6, 6.07) is 12.3. The Balaban J connectivity index is 1.82. The van der Waals surface area contributed by atoms with E-state index in [0.29, 0.717) is 12.1 Å². The van der Waals surface area contributed by atoms with Crippen LogP contribution >= 0.6 is 11.3 Å². The minimum Gasteiger partial charge on any atom is -0.507 e. The van der Waals surface area contributed by atoms with Crippen LogP contribution in [0, 0.1) is 0 Å². The van der Waals surface area contributed by atoms with Crippen LogP contribution in [0.3, 0.4) is 0 Å². The zero-order valence-corrected chi connectivity index (χ0v) is 19.9. The first-order chi connectivity index (χ1) is 15.6. The number of rotatable bonds is 12. The average Bonchev–Trinajstić information content (AvgIpc) is 3.43. The summed E-state index contributed by atoms with van der Waals surface area (Å²) in [6.45, 7) is 7.93. The van der Waals surface area contributed by atoms with Gasteiger partial charge in [0.15, 0.2) is 0 Å². The molecular formula is C26H34N2O3S. The summed E-state index contributed by atoms with van der Waals surface area (Å²) in [7, 11) is 0. The van der Waals surface area contributed by atoms with E-state index in [1.807, 2.05) is 35.7 Å². The number of ketones is 1. The van der Waals surface area contributed by atoms with Gasteiger partial charge in [-0.25, -0.2) is 0 Å². The van der Waals surface area contributed by atoms with Crippen LogP contribution < -0.4 is 0 Å². The Morgan fingerprint density at radius 1 is 0.969 bits per heavy atom. The highest BCUT2D eigenvalue weighted by Gasteiger charge is 2.46. The van der Waals surface area contributed by atoms with Gasteiger partial charge in [0.05, 0.1) is 11.6 Å². The van der Waals surface area contributed by atoms with Crippen molar-refractivity contribution < 1.29 is 14.7 Å². The molecule has 1 atom stereocenters. The molecule has 0 spiro atoms. The lowest BCUT2D eigenvalue weighted by molar-refractivity contribution is -0.139. The molecule has 6 heteroatoms. The van der Waals surface area contributed by atoms with Gasteiger partial charge in [-0.3, -0.25) is 9.59 Å². The number of hydrogen-bond acceptors (Lipinski definition) is 5. The molecular weight excluding hydrogens is 420 g/mol. The fourth-order valence-electron chi connectivity index (χ4n) is 4.17. The topological polar surface area (TPSA) is 60.9 Å². The Morgan fingerprint density at radius 3 is 2.22 bits per heavy atom. The maximum absolute atomic E-state index is 13.0. The smallest absolute Gasteiger partial charge is 0.295 e. The molecule has 3 rings (SSSR count). The van der Waals surface area contributed by atoms with Gasteiger partial charge in [-0.2, -0.15) is 0 Å². The molecule has 1 aliphatic rings. The van der Waals surface area contributed by atoms with E-state index in [-0.39, 0.29) is 11.3 Å². The molecule has 2 aromatic rings. The van der Waals surface area contributed by atoms with Gasteiger partial charge in [-0.1, -0.05) is 63.1 Å². The minimum atomic E-state index is -0.599. The predicted molar refractivity (Wildman–Crippen MR) is 131 cm³/mol. The number of thiophene rings is 1. The van der Waals surface area contributed by atoms with E-state index in [1.165, 1.54) is 24.2 Å². The number of likely N-dealkylation sites (tertiary alicyclic amines) is 1. The lowest BCUT2D eigenvalue weighted by Gasteiger charge is -2.26. The molecule has 0 radical (unpaired) electrons. The number of aliphatic hydroxyl groups excluding tert-OH is 1. The minimum absolute atomic E-state index is 0.0997. The Labute approximate surface area is 195 Å². The highest BCUT2D eigenvalue weighted by atomic mass is 32.1. The van der Waals surface area contributed by atoms with Gasteiger partial charge in [0.2, 0.25) is 0 Å². The van der Waals surface area contributed by atoms with Crippen molar-refractivity contribution in [3.8, 4) is 0 Å². The van der Waals surface area contributed by atoms with Crippen molar-refractivity contribution in [3.63, 3.8) is 0 Å². The van der Waals surface area contributed by atoms with Gasteiger partial charge in [-0.05, 0) is 50.3 Å². The summed E-state index contributed by atoms with van der Waals surface area (Å²) in [6.07, 6.45) is 5.46. The zero-order chi connectivity index (χ0) is 22.9. The lowest BCUT2D eigenvalue weighted by Crippen LogP contribution is -2.34. The van der Waals surface area contributed by atoms with Crippen LogP contribution in [0.25, 0.3) is 5.76 Å². The van der Waals surface area contributed by atoms with E-state index in [9.17, 15) is 14.7 Å². The molecule has 0 aliphatic carbocycles. The predicted octanol–water partition coefficient (Wildman–Crippen LogP) is 5.46. The second-order valence-electron chi connectivity index (χ2n) is 8.28. The van der Waals surface area contributed by atoms with E-state index in [2.05, 4.69) is 18.7 Å². The Kier molecular flexibility index (Phi) is 9.06. The van der Waals surface area contributed by atoms with Crippen molar-refractivity contribution in [1.29, 1.82) is 0 Å². The first kappa shape index (κ1) is 24.2. The molecule has 2 heterocycles. The van der Waals surface area contributed by atoms with Crippen molar-refractivity contribution >= 4 is 28.8 Å². The number of unbranched alkanes of at least 4 members (excludes halogenated alkanes) is 2. The van der Waals surface area contributed by atoms with Crippen molar-refractivity contribution in [3.05, 3.63) is 63.9 Å².